The lowest BCUT2D eigenvalue weighted by molar-refractivity contribution is 0.102. The van der Waals surface area contributed by atoms with E-state index in [1.54, 1.807) is 18.7 Å². The fourth-order valence-electron chi connectivity index (χ4n) is 1.75. The summed E-state index contributed by atoms with van der Waals surface area (Å²) >= 11 is 1.26. The molecule has 0 fully saturated rings. The molecule has 100 valence electrons. The van der Waals surface area contributed by atoms with Crippen LogP contribution in [0.5, 0.6) is 5.75 Å². The molecule has 0 saturated carbocycles. The highest BCUT2D eigenvalue weighted by molar-refractivity contribution is 7.13. The van der Waals surface area contributed by atoms with E-state index >= 15 is 0 Å². The van der Waals surface area contributed by atoms with Crippen LogP contribution in [0.25, 0.3) is 10.9 Å². The number of rotatable bonds is 3. The van der Waals surface area contributed by atoms with Crippen molar-refractivity contribution in [3.63, 3.8) is 0 Å². The van der Waals surface area contributed by atoms with Gasteiger partial charge in [0.05, 0.1) is 12.6 Å². The molecule has 0 aliphatic rings. The minimum absolute atomic E-state index is 0.306. The highest BCUT2D eigenvalue weighted by atomic mass is 32.1. The Kier molecular flexibility index (Phi) is 3.26. The predicted molar refractivity (Wildman–Crippen MR) is 76.2 cm³/mol. The number of ether oxygens (including phenoxy) is 1. The lowest BCUT2D eigenvalue weighted by atomic mass is 10.2. The molecular weight excluding hydrogens is 276 g/mol. The third-order valence-electron chi connectivity index (χ3n) is 2.71. The van der Waals surface area contributed by atoms with E-state index in [0.717, 1.165) is 16.7 Å². The zero-order valence-corrected chi connectivity index (χ0v) is 11.3. The number of methoxy groups -OCH3 is 1. The summed E-state index contributed by atoms with van der Waals surface area (Å²) in [6, 6.07) is 8.99. The van der Waals surface area contributed by atoms with E-state index in [2.05, 4.69) is 20.5 Å². The molecule has 0 aliphatic heterocycles. The number of nitrogens with zero attached hydrogens (tertiary/aromatic N) is 3. The summed E-state index contributed by atoms with van der Waals surface area (Å²) < 4.78 is 5.15. The number of nitrogens with one attached hydrogen (secondary N) is 1. The van der Waals surface area contributed by atoms with Crippen LogP contribution in [0, 0.1) is 0 Å². The normalized spacial score (nSPS) is 10.4. The van der Waals surface area contributed by atoms with Gasteiger partial charge in [0.2, 0.25) is 5.13 Å². The second kappa shape index (κ2) is 5.22. The maximum atomic E-state index is 12.0. The van der Waals surface area contributed by atoms with Crippen LogP contribution >= 0.6 is 11.3 Å². The smallest absolute Gasteiger partial charge is 0.276 e. The Morgan fingerprint density at radius 2 is 2.20 bits per heavy atom. The molecule has 1 aromatic carbocycles. The molecule has 0 bridgehead atoms. The Morgan fingerprint density at radius 1 is 1.30 bits per heavy atom. The Balaban J connectivity index is 1.90. The average molecular weight is 286 g/mol. The Hall–Kier alpha value is -2.54. The van der Waals surface area contributed by atoms with Crippen molar-refractivity contribution in [1.82, 2.24) is 15.2 Å². The molecule has 0 spiro atoms. The average Bonchev–Trinajstić information content (AvgIpc) is 2.99. The highest BCUT2D eigenvalue weighted by Gasteiger charge is 2.10. The van der Waals surface area contributed by atoms with Gasteiger partial charge < -0.3 is 4.74 Å². The zero-order valence-electron chi connectivity index (χ0n) is 10.5. The van der Waals surface area contributed by atoms with Crippen LogP contribution in [-0.4, -0.2) is 28.2 Å². The van der Waals surface area contributed by atoms with E-state index < -0.39 is 0 Å². The summed E-state index contributed by atoms with van der Waals surface area (Å²) in [7, 11) is 1.61. The first kappa shape index (κ1) is 12.5. The lowest BCUT2D eigenvalue weighted by Gasteiger charge is -2.04. The van der Waals surface area contributed by atoms with Crippen LogP contribution in [0.3, 0.4) is 0 Å². The second-order valence-corrected chi connectivity index (χ2v) is 4.79. The number of benzene rings is 1. The second-order valence-electron chi connectivity index (χ2n) is 3.95. The number of anilines is 1. The molecule has 2 aromatic heterocycles. The van der Waals surface area contributed by atoms with Gasteiger partial charge >= 0.3 is 0 Å². The summed E-state index contributed by atoms with van der Waals surface area (Å²) in [6.45, 7) is 0. The first-order chi connectivity index (χ1) is 9.76. The third-order valence-corrected chi connectivity index (χ3v) is 3.32. The van der Waals surface area contributed by atoms with E-state index in [1.165, 1.54) is 11.3 Å². The maximum Gasteiger partial charge on any atom is 0.276 e. The van der Waals surface area contributed by atoms with E-state index in [1.807, 2.05) is 24.3 Å². The molecule has 3 aromatic rings. The van der Waals surface area contributed by atoms with Crippen molar-refractivity contribution in [3.05, 3.63) is 41.5 Å². The molecule has 3 rings (SSSR count). The molecule has 0 aliphatic carbocycles. The van der Waals surface area contributed by atoms with Crippen molar-refractivity contribution in [2.75, 3.05) is 12.4 Å². The third kappa shape index (κ3) is 2.43. The molecule has 7 heteroatoms. The van der Waals surface area contributed by atoms with Gasteiger partial charge in [-0.25, -0.2) is 4.98 Å². The van der Waals surface area contributed by atoms with Crippen molar-refractivity contribution < 1.29 is 9.53 Å². The van der Waals surface area contributed by atoms with Crippen molar-refractivity contribution in [1.29, 1.82) is 0 Å². The summed E-state index contributed by atoms with van der Waals surface area (Å²) in [5.41, 5.74) is 2.61. The van der Waals surface area contributed by atoms with Crippen molar-refractivity contribution in [2.24, 2.45) is 0 Å². The largest absolute Gasteiger partial charge is 0.497 e. The molecular formula is C13H10N4O2S. The van der Waals surface area contributed by atoms with Crippen molar-refractivity contribution >= 4 is 33.3 Å². The monoisotopic (exact) mass is 286 g/mol. The van der Waals surface area contributed by atoms with E-state index in [-0.39, 0.29) is 5.91 Å². The number of hydrogen-bond donors (Lipinski definition) is 1. The minimum Gasteiger partial charge on any atom is -0.497 e. The van der Waals surface area contributed by atoms with E-state index in [0.29, 0.717) is 10.8 Å². The first-order valence-corrected chi connectivity index (χ1v) is 6.66. The number of hydrogen-bond acceptors (Lipinski definition) is 6. The molecule has 20 heavy (non-hydrogen) atoms. The van der Waals surface area contributed by atoms with E-state index in [9.17, 15) is 4.79 Å². The Morgan fingerprint density at radius 3 is 2.95 bits per heavy atom. The van der Waals surface area contributed by atoms with Crippen LogP contribution in [0.15, 0.2) is 35.8 Å². The van der Waals surface area contributed by atoms with Gasteiger partial charge in [0.25, 0.3) is 5.91 Å². The van der Waals surface area contributed by atoms with Gasteiger partial charge in [-0.1, -0.05) is 17.4 Å². The van der Waals surface area contributed by atoms with Gasteiger partial charge in [-0.3, -0.25) is 10.1 Å². The van der Waals surface area contributed by atoms with Gasteiger partial charge in [-0.05, 0) is 24.3 Å². The summed E-state index contributed by atoms with van der Waals surface area (Å²) in [5, 5.41) is 11.4. The number of carbonyl (C=O) groups is 1. The first-order valence-electron chi connectivity index (χ1n) is 5.78. The number of fused-ring (bicyclic) bond motifs is 1. The van der Waals surface area contributed by atoms with Gasteiger partial charge in [0.1, 0.15) is 17.0 Å². The summed E-state index contributed by atoms with van der Waals surface area (Å²) in [4.78, 5) is 16.3. The fourth-order valence-corrected chi connectivity index (χ4v) is 2.19. The molecule has 0 atom stereocenters. The maximum absolute atomic E-state index is 12.0. The lowest BCUT2D eigenvalue weighted by Crippen LogP contribution is -2.13. The molecule has 2 heterocycles. The van der Waals surface area contributed by atoms with Crippen molar-refractivity contribution in [3.8, 4) is 5.75 Å². The molecule has 1 N–H and O–H groups in total. The van der Waals surface area contributed by atoms with E-state index in [4.69, 9.17) is 4.74 Å². The predicted octanol–water partition coefficient (Wildman–Crippen LogP) is 2.35. The standard InChI is InChI=1S/C13H10N4O2S/c1-19-9-3-5-10-8(6-9)2-4-11(15-10)12(18)16-13-17-14-7-20-13/h2-7H,1H3,(H,16,17,18). The summed E-state index contributed by atoms with van der Waals surface area (Å²) in [5.74, 6) is 0.449. The number of carbonyl (C=O) groups excluding carboxylic acids is 1. The topological polar surface area (TPSA) is 77.0 Å². The van der Waals surface area contributed by atoms with Crippen LogP contribution in [0.4, 0.5) is 5.13 Å². The molecule has 0 unspecified atom stereocenters. The number of pyridine rings is 1. The molecule has 0 saturated heterocycles. The van der Waals surface area contributed by atoms with Crippen LogP contribution < -0.4 is 10.1 Å². The van der Waals surface area contributed by atoms with Crippen LogP contribution in [-0.2, 0) is 0 Å². The van der Waals surface area contributed by atoms with Gasteiger partial charge in [-0.2, -0.15) is 0 Å². The SMILES string of the molecule is COc1ccc2nc(C(=O)Nc3nncs3)ccc2c1. The fraction of sp³-hybridized carbons (Fsp3) is 0.0769. The molecule has 6 nitrogen and oxygen atoms in total. The summed E-state index contributed by atoms with van der Waals surface area (Å²) in [6.07, 6.45) is 0. The quantitative estimate of drug-likeness (QED) is 0.799. The zero-order chi connectivity index (χ0) is 13.9. The van der Waals surface area contributed by atoms with Crippen LogP contribution in [0.1, 0.15) is 10.5 Å². The molecule has 1 amide bonds. The highest BCUT2D eigenvalue weighted by Crippen LogP contribution is 2.20. The van der Waals surface area contributed by atoms with Gasteiger partial charge in [0, 0.05) is 5.39 Å². The minimum atomic E-state index is -0.306. The van der Waals surface area contributed by atoms with Crippen LogP contribution in [0.2, 0.25) is 0 Å². The Labute approximate surface area is 118 Å². The van der Waals surface area contributed by atoms with Gasteiger partial charge in [0.15, 0.2) is 0 Å². The Bertz CT molecular complexity index is 758. The number of amides is 1. The molecule has 0 radical (unpaired) electrons. The van der Waals surface area contributed by atoms with Crippen molar-refractivity contribution in [2.45, 2.75) is 0 Å². The van der Waals surface area contributed by atoms with Gasteiger partial charge in [-0.15, -0.1) is 10.2 Å². The number of aromatic nitrogens is 3.